The van der Waals surface area contributed by atoms with Crippen LogP contribution in [-0.2, 0) is 4.79 Å². The minimum Gasteiger partial charge on any atom is -0.341 e. The maximum absolute atomic E-state index is 12.3. The molecule has 0 aromatic carbocycles. The molecule has 0 radical (unpaired) electrons. The summed E-state index contributed by atoms with van der Waals surface area (Å²) >= 11 is 0. The zero-order valence-corrected chi connectivity index (χ0v) is 11.5. The van der Waals surface area contributed by atoms with Crippen LogP contribution in [0.25, 0.3) is 0 Å². The molecule has 0 unspecified atom stereocenters. The van der Waals surface area contributed by atoms with Gasteiger partial charge in [0.05, 0.1) is 0 Å². The van der Waals surface area contributed by atoms with E-state index >= 15 is 0 Å². The fraction of sp³-hybridized carbons (Fsp3) is 0.846. The number of urea groups is 1. The lowest BCUT2D eigenvalue weighted by atomic mass is 9.86. The number of nitrogens with zero attached hydrogens (tertiary/aromatic N) is 2. The average Bonchev–Trinajstić information content (AvgIpc) is 2.33. The lowest BCUT2D eigenvalue weighted by Gasteiger charge is -2.46. The van der Waals surface area contributed by atoms with Crippen molar-refractivity contribution in [1.82, 2.24) is 15.1 Å². The van der Waals surface area contributed by atoms with Crippen molar-refractivity contribution >= 4 is 11.9 Å². The zero-order chi connectivity index (χ0) is 13.3. The number of piperidine rings is 2. The Morgan fingerprint density at radius 1 is 1.50 bits per heavy atom. The maximum atomic E-state index is 12.3. The highest BCUT2D eigenvalue weighted by molar-refractivity contribution is 5.88. The van der Waals surface area contributed by atoms with Crippen molar-refractivity contribution < 1.29 is 9.59 Å². The number of likely N-dealkylation sites (N-methyl/N-ethyl adjacent to an activating group) is 1. The Hall–Kier alpha value is -1.26. The molecule has 0 aliphatic carbocycles. The molecule has 5 heteroatoms. The summed E-state index contributed by atoms with van der Waals surface area (Å²) in [6.07, 6.45) is 1.84. The zero-order valence-electron chi connectivity index (χ0n) is 11.5. The van der Waals surface area contributed by atoms with Gasteiger partial charge in [0.15, 0.2) is 0 Å². The Kier molecular flexibility index (Phi) is 3.78. The third-order valence-electron chi connectivity index (χ3n) is 3.84. The summed E-state index contributed by atoms with van der Waals surface area (Å²) in [6, 6.07) is -0.229. The Labute approximate surface area is 108 Å². The van der Waals surface area contributed by atoms with Crippen LogP contribution in [0.3, 0.4) is 0 Å². The molecule has 0 spiro atoms. The van der Waals surface area contributed by atoms with Crippen LogP contribution >= 0.6 is 0 Å². The van der Waals surface area contributed by atoms with Crippen molar-refractivity contribution in [2.75, 3.05) is 19.6 Å². The molecule has 5 nitrogen and oxygen atoms in total. The highest BCUT2D eigenvalue weighted by Gasteiger charge is 2.42. The molecule has 2 aliphatic rings. The summed E-state index contributed by atoms with van der Waals surface area (Å²) in [5.74, 6) is 0.683. The third-order valence-corrected chi connectivity index (χ3v) is 3.84. The standard InChI is InChI=1S/C13H23N3O2/c1-4-15-8-10-5-6-16(11(7-10)12(15)17)13(18)14-9(2)3/h9-11H,4-8H2,1-3H3,(H,14,18)/t10-,11+/m0/s1. The Bertz CT molecular complexity index is 343. The summed E-state index contributed by atoms with van der Waals surface area (Å²) in [7, 11) is 0. The summed E-state index contributed by atoms with van der Waals surface area (Å²) in [5.41, 5.74) is 0. The van der Waals surface area contributed by atoms with Gasteiger partial charge in [-0.1, -0.05) is 0 Å². The molecule has 0 aromatic heterocycles. The normalized spacial score (nSPS) is 27.7. The fourth-order valence-electron chi connectivity index (χ4n) is 2.91. The number of hydrogen-bond acceptors (Lipinski definition) is 2. The predicted octanol–water partition coefficient (Wildman–Crippen LogP) is 1.05. The fourth-order valence-corrected chi connectivity index (χ4v) is 2.91. The molecule has 2 aliphatic heterocycles. The third kappa shape index (κ3) is 2.44. The molecule has 2 heterocycles. The van der Waals surface area contributed by atoms with Crippen LogP contribution in [0.1, 0.15) is 33.6 Å². The first-order valence-electron chi connectivity index (χ1n) is 6.88. The summed E-state index contributed by atoms with van der Waals surface area (Å²) in [6.45, 7) is 8.18. The van der Waals surface area contributed by atoms with E-state index in [-0.39, 0.29) is 24.0 Å². The molecular formula is C13H23N3O2. The van der Waals surface area contributed by atoms with Crippen LogP contribution in [0.15, 0.2) is 0 Å². The van der Waals surface area contributed by atoms with Gasteiger partial charge in [0.1, 0.15) is 6.04 Å². The number of fused-ring (bicyclic) bond motifs is 2. The van der Waals surface area contributed by atoms with Crippen LogP contribution in [-0.4, -0.2) is 53.5 Å². The number of carbonyl (C=O) groups is 2. The highest BCUT2D eigenvalue weighted by atomic mass is 16.2. The lowest BCUT2D eigenvalue weighted by molar-refractivity contribution is -0.143. The molecular weight excluding hydrogens is 230 g/mol. The second-order valence-corrected chi connectivity index (χ2v) is 5.58. The van der Waals surface area contributed by atoms with Gasteiger partial charge >= 0.3 is 6.03 Å². The van der Waals surface area contributed by atoms with Gasteiger partial charge in [-0.25, -0.2) is 4.79 Å². The number of rotatable bonds is 2. The van der Waals surface area contributed by atoms with Crippen molar-refractivity contribution in [1.29, 1.82) is 0 Å². The second-order valence-electron chi connectivity index (χ2n) is 5.58. The average molecular weight is 253 g/mol. The van der Waals surface area contributed by atoms with Gasteiger partial charge in [-0.2, -0.15) is 0 Å². The quantitative estimate of drug-likeness (QED) is 0.799. The Morgan fingerprint density at radius 3 is 2.83 bits per heavy atom. The van der Waals surface area contributed by atoms with E-state index < -0.39 is 0 Å². The van der Waals surface area contributed by atoms with Crippen molar-refractivity contribution in [2.24, 2.45) is 5.92 Å². The van der Waals surface area contributed by atoms with Crippen molar-refractivity contribution in [3.05, 3.63) is 0 Å². The first kappa shape index (κ1) is 13.2. The Balaban J connectivity index is 2.09. The van der Waals surface area contributed by atoms with Crippen molar-refractivity contribution in [3.63, 3.8) is 0 Å². The monoisotopic (exact) mass is 253 g/mol. The van der Waals surface area contributed by atoms with Gasteiger partial charge in [-0.15, -0.1) is 0 Å². The maximum Gasteiger partial charge on any atom is 0.318 e. The van der Waals surface area contributed by atoms with Crippen molar-refractivity contribution in [2.45, 2.75) is 45.7 Å². The number of likely N-dealkylation sites (tertiary alicyclic amines) is 2. The molecule has 102 valence electrons. The second kappa shape index (κ2) is 5.16. The smallest absolute Gasteiger partial charge is 0.318 e. The van der Waals surface area contributed by atoms with E-state index in [1.54, 1.807) is 4.90 Å². The van der Waals surface area contributed by atoms with Gasteiger partial charge in [-0.05, 0) is 39.5 Å². The molecule has 2 bridgehead atoms. The molecule has 0 saturated carbocycles. The lowest BCUT2D eigenvalue weighted by Crippen LogP contribution is -2.62. The number of nitrogens with one attached hydrogen (secondary N) is 1. The van der Waals surface area contributed by atoms with E-state index in [1.807, 2.05) is 25.7 Å². The van der Waals surface area contributed by atoms with Gasteiger partial charge in [0.2, 0.25) is 5.91 Å². The van der Waals surface area contributed by atoms with E-state index in [1.165, 1.54) is 0 Å². The highest BCUT2D eigenvalue weighted by Crippen LogP contribution is 2.29. The predicted molar refractivity (Wildman–Crippen MR) is 69.1 cm³/mol. The molecule has 0 aromatic rings. The molecule has 18 heavy (non-hydrogen) atoms. The van der Waals surface area contributed by atoms with Gasteiger partial charge in [0, 0.05) is 25.7 Å². The van der Waals surface area contributed by atoms with E-state index in [0.29, 0.717) is 12.5 Å². The van der Waals surface area contributed by atoms with Gasteiger partial charge in [0.25, 0.3) is 0 Å². The Morgan fingerprint density at radius 2 is 2.22 bits per heavy atom. The molecule has 1 N–H and O–H groups in total. The number of amides is 3. The van der Waals surface area contributed by atoms with Crippen LogP contribution < -0.4 is 5.32 Å². The summed E-state index contributed by atoms with van der Waals surface area (Å²) in [5, 5.41) is 2.89. The summed E-state index contributed by atoms with van der Waals surface area (Å²) < 4.78 is 0. The minimum absolute atomic E-state index is 0.0975. The van der Waals surface area contributed by atoms with E-state index in [4.69, 9.17) is 0 Å². The minimum atomic E-state index is -0.240. The van der Waals surface area contributed by atoms with Crippen LogP contribution in [0.4, 0.5) is 4.79 Å². The van der Waals surface area contributed by atoms with E-state index in [2.05, 4.69) is 5.32 Å². The SMILES string of the molecule is CCN1C[C@H]2CCN(C(=O)NC(C)C)[C@H](C2)C1=O. The van der Waals surface area contributed by atoms with Gasteiger partial charge < -0.3 is 15.1 Å². The topological polar surface area (TPSA) is 52.6 Å². The molecule has 3 amide bonds. The van der Waals surface area contributed by atoms with E-state index in [0.717, 1.165) is 25.9 Å². The molecule has 2 rings (SSSR count). The molecule has 2 atom stereocenters. The first-order chi connectivity index (χ1) is 8.52. The number of hydrogen-bond donors (Lipinski definition) is 1. The van der Waals surface area contributed by atoms with Crippen molar-refractivity contribution in [3.8, 4) is 0 Å². The number of carbonyl (C=O) groups excluding carboxylic acids is 2. The first-order valence-corrected chi connectivity index (χ1v) is 6.88. The van der Waals surface area contributed by atoms with Gasteiger partial charge in [-0.3, -0.25) is 4.79 Å². The van der Waals surface area contributed by atoms with Crippen LogP contribution in [0.5, 0.6) is 0 Å². The van der Waals surface area contributed by atoms with E-state index in [9.17, 15) is 9.59 Å². The van der Waals surface area contributed by atoms with Crippen LogP contribution in [0, 0.1) is 5.92 Å². The van der Waals surface area contributed by atoms with Crippen LogP contribution in [0.2, 0.25) is 0 Å². The molecule has 2 fully saturated rings. The summed E-state index contributed by atoms with van der Waals surface area (Å²) in [4.78, 5) is 28.0. The molecule has 2 saturated heterocycles. The largest absolute Gasteiger partial charge is 0.341 e.